The molecule has 0 saturated heterocycles. The zero-order valence-electron chi connectivity index (χ0n) is 13.6. The number of hydrogen-bond donors (Lipinski definition) is 1. The minimum atomic E-state index is -1.21. The van der Waals surface area contributed by atoms with Gasteiger partial charge in [0.05, 0.1) is 14.2 Å². The predicted octanol–water partition coefficient (Wildman–Crippen LogP) is 1.48. The highest BCUT2D eigenvalue weighted by Gasteiger charge is 2.26. The summed E-state index contributed by atoms with van der Waals surface area (Å²) in [5.74, 6) is -1.91. The molecule has 0 spiro atoms. The van der Waals surface area contributed by atoms with Gasteiger partial charge in [-0.1, -0.05) is 25.1 Å². The van der Waals surface area contributed by atoms with Crippen LogP contribution in [0.4, 0.5) is 0 Å². The summed E-state index contributed by atoms with van der Waals surface area (Å²) in [4.78, 5) is 27.8. The number of hydroxylamine groups is 1. The number of ether oxygens (including phenoxy) is 2. The number of benzene rings is 1. The highest BCUT2D eigenvalue weighted by Crippen LogP contribution is 2.11. The Labute approximate surface area is 139 Å². The minimum Gasteiger partial charge on any atom is -0.621 e. The Kier molecular flexibility index (Phi) is 7.60. The van der Waals surface area contributed by atoms with Gasteiger partial charge in [0.2, 0.25) is 5.71 Å². The number of rotatable bonds is 7. The maximum atomic E-state index is 12.5. The van der Waals surface area contributed by atoms with E-state index in [1.165, 1.54) is 0 Å². The fraction of sp³-hybridized carbons (Fsp3) is 0.312. The number of allylic oxidation sites excluding steroid dienone is 1. The Morgan fingerprint density at radius 1 is 1.21 bits per heavy atom. The Bertz CT molecular complexity index is 615. The van der Waals surface area contributed by atoms with Crippen molar-refractivity contribution in [1.29, 1.82) is 0 Å². The Balaban J connectivity index is 3.58. The smallest absolute Gasteiger partial charge is 0.345 e. The zero-order chi connectivity index (χ0) is 18.1. The first-order chi connectivity index (χ1) is 11.5. The van der Waals surface area contributed by atoms with E-state index < -0.39 is 23.7 Å². The molecule has 0 fully saturated rings. The van der Waals surface area contributed by atoms with E-state index in [1.54, 1.807) is 37.3 Å². The molecule has 1 rings (SSSR count). The van der Waals surface area contributed by atoms with Gasteiger partial charge in [-0.3, -0.25) is 0 Å². The monoisotopic (exact) mass is 337 g/mol. The van der Waals surface area contributed by atoms with Gasteiger partial charge in [0, 0.05) is 18.1 Å². The lowest BCUT2D eigenvalue weighted by atomic mass is 10.1. The van der Waals surface area contributed by atoms with E-state index in [1.807, 2.05) is 0 Å². The third kappa shape index (κ3) is 4.64. The summed E-state index contributed by atoms with van der Waals surface area (Å²) in [7, 11) is 2.20. The molecule has 1 aromatic rings. The summed E-state index contributed by atoms with van der Waals surface area (Å²) in [6.45, 7) is 1.62. The van der Waals surface area contributed by atoms with E-state index in [0.29, 0.717) is 10.3 Å². The van der Waals surface area contributed by atoms with Crippen LogP contribution in [-0.2, 0) is 24.0 Å². The molecule has 8 heteroatoms. The van der Waals surface area contributed by atoms with Crippen molar-refractivity contribution in [2.24, 2.45) is 0 Å². The standard InChI is InChI=1S/C16H19NO7/c1-4-14(24-21)17(20)13(11-8-6-5-7-9-11)10-12(15(18)22-2)16(19)23-3/h5-10,14,21H,4H2,1-3H3/b17-13+. The molecular formula is C16H19NO7. The molecule has 1 atom stereocenters. The number of nitrogens with zero attached hydrogens (tertiary/aromatic N) is 1. The van der Waals surface area contributed by atoms with Crippen molar-refractivity contribution in [3.8, 4) is 0 Å². The third-order valence-electron chi connectivity index (χ3n) is 3.13. The van der Waals surface area contributed by atoms with Gasteiger partial charge in [0.15, 0.2) is 5.57 Å². The lowest BCUT2D eigenvalue weighted by Gasteiger charge is -2.15. The summed E-state index contributed by atoms with van der Waals surface area (Å²) >= 11 is 0. The molecular weight excluding hydrogens is 318 g/mol. The second-order valence-corrected chi connectivity index (χ2v) is 4.59. The molecule has 0 bridgehead atoms. The van der Waals surface area contributed by atoms with Gasteiger partial charge >= 0.3 is 11.9 Å². The molecule has 8 nitrogen and oxygen atoms in total. The summed E-state index contributed by atoms with van der Waals surface area (Å²) < 4.78 is 9.45. The lowest BCUT2D eigenvalue weighted by Crippen LogP contribution is -2.29. The molecule has 0 aromatic heterocycles. The molecule has 0 heterocycles. The Hall–Kier alpha value is -2.71. The zero-order valence-corrected chi connectivity index (χ0v) is 13.6. The number of esters is 2. The van der Waals surface area contributed by atoms with Crippen LogP contribution in [0.5, 0.6) is 0 Å². The van der Waals surface area contributed by atoms with Crippen LogP contribution >= 0.6 is 0 Å². The topological polar surface area (TPSA) is 108 Å². The Morgan fingerprint density at radius 2 is 1.75 bits per heavy atom. The van der Waals surface area contributed by atoms with Gasteiger partial charge in [0.25, 0.3) is 6.23 Å². The molecule has 24 heavy (non-hydrogen) atoms. The summed E-state index contributed by atoms with van der Waals surface area (Å²) in [6.07, 6.45) is -0.00883. The van der Waals surface area contributed by atoms with E-state index in [4.69, 9.17) is 5.26 Å². The number of carbonyl (C=O) groups is 2. The van der Waals surface area contributed by atoms with Gasteiger partial charge in [-0.25, -0.2) is 14.8 Å². The van der Waals surface area contributed by atoms with Crippen molar-refractivity contribution in [2.75, 3.05) is 14.2 Å². The number of carbonyl (C=O) groups excluding carboxylic acids is 2. The normalized spacial score (nSPS) is 12.7. The minimum absolute atomic E-state index is 0.0673. The third-order valence-corrected chi connectivity index (χ3v) is 3.13. The van der Waals surface area contributed by atoms with Crippen molar-refractivity contribution in [3.05, 3.63) is 52.8 Å². The quantitative estimate of drug-likeness (QED) is 0.0767. The van der Waals surface area contributed by atoms with Gasteiger partial charge in [-0.2, -0.15) is 9.63 Å². The van der Waals surface area contributed by atoms with Crippen molar-refractivity contribution in [3.63, 3.8) is 0 Å². The summed E-state index contributed by atoms with van der Waals surface area (Å²) in [5.41, 5.74) is -0.122. The summed E-state index contributed by atoms with van der Waals surface area (Å²) in [6, 6.07) is 8.29. The van der Waals surface area contributed by atoms with E-state index in [0.717, 1.165) is 20.3 Å². The molecule has 1 unspecified atom stereocenters. The van der Waals surface area contributed by atoms with Crippen LogP contribution in [0.1, 0.15) is 18.9 Å². The molecule has 0 amide bonds. The second-order valence-electron chi connectivity index (χ2n) is 4.59. The molecule has 0 saturated carbocycles. The van der Waals surface area contributed by atoms with E-state index in [-0.39, 0.29) is 12.1 Å². The van der Waals surface area contributed by atoms with Crippen molar-refractivity contribution in [1.82, 2.24) is 0 Å². The van der Waals surface area contributed by atoms with Crippen LogP contribution in [0.15, 0.2) is 42.0 Å². The SMILES string of the molecule is CCC(OO)/[N+]([O-])=C(/C=C(C(=O)OC)C(=O)OC)c1ccccc1. The van der Waals surface area contributed by atoms with Crippen LogP contribution in [0, 0.1) is 5.21 Å². The molecule has 0 aliphatic heterocycles. The van der Waals surface area contributed by atoms with Crippen LogP contribution in [-0.4, -0.2) is 48.1 Å². The Morgan fingerprint density at radius 3 is 2.17 bits per heavy atom. The fourth-order valence-electron chi connectivity index (χ4n) is 1.88. The van der Waals surface area contributed by atoms with Crippen LogP contribution in [0.2, 0.25) is 0 Å². The van der Waals surface area contributed by atoms with Gasteiger partial charge in [0.1, 0.15) is 0 Å². The highest BCUT2D eigenvalue weighted by atomic mass is 17.1. The summed E-state index contributed by atoms with van der Waals surface area (Å²) in [5, 5.41) is 21.4. The molecule has 1 aromatic carbocycles. The van der Waals surface area contributed by atoms with E-state index in [2.05, 4.69) is 14.4 Å². The molecule has 0 aliphatic rings. The molecule has 130 valence electrons. The fourth-order valence-corrected chi connectivity index (χ4v) is 1.88. The number of hydrogen-bond acceptors (Lipinski definition) is 7. The maximum absolute atomic E-state index is 12.5. The van der Waals surface area contributed by atoms with Gasteiger partial charge in [-0.05, 0) is 12.1 Å². The second kappa shape index (κ2) is 9.43. The molecule has 0 radical (unpaired) electrons. The first kappa shape index (κ1) is 19.3. The van der Waals surface area contributed by atoms with E-state index in [9.17, 15) is 14.8 Å². The number of methoxy groups -OCH3 is 2. The van der Waals surface area contributed by atoms with Crippen LogP contribution < -0.4 is 0 Å². The van der Waals surface area contributed by atoms with Gasteiger partial charge in [-0.15, -0.1) is 0 Å². The first-order valence-corrected chi connectivity index (χ1v) is 7.07. The maximum Gasteiger partial charge on any atom is 0.345 e. The first-order valence-electron chi connectivity index (χ1n) is 7.07. The van der Waals surface area contributed by atoms with Crippen LogP contribution in [0.3, 0.4) is 0 Å². The largest absolute Gasteiger partial charge is 0.621 e. The van der Waals surface area contributed by atoms with Crippen LogP contribution in [0.25, 0.3) is 0 Å². The average molecular weight is 337 g/mol. The van der Waals surface area contributed by atoms with Crippen molar-refractivity contribution < 1.29 is 33.9 Å². The molecule has 0 aliphatic carbocycles. The van der Waals surface area contributed by atoms with E-state index >= 15 is 0 Å². The lowest BCUT2D eigenvalue weighted by molar-refractivity contribution is -0.600. The van der Waals surface area contributed by atoms with Crippen molar-refractivity contribution >= 4 is 17.7 Å². The highest BCUT2D eigenvalue weighted by molar-refractivity contribution is 6.20. The molecule has 1 N–H and O–H groups in total. The predicted molar refractivity (Wildman–Crippen MR) is 84.1 cm³/mol. The average Bonchev–Trinajstić information content (AvgIpc) is 2.63. The van der Waals surface area contributed by atoms with Gasteiger partial charge < -0.3 is 14.7 Å². The van der Waals surface area contributed by atoms with Crippen molar-refractivity contribution in [2.45, 2.75) is 19.6 Å².